The largest absolute Gasteiger partial charge is 0.433 e. The second kappa shape index (κ2) is 10.7. The van der Waals surface area contributed by atoms with Gasteiger partial charge in [0.2, 0.25) is 5.91 Å². The summed E-state index contributed by atoms with van der Waals surface area (Å²) in [5, 5.41) is 9.79. The predicted molar refractivity (Wildman–Crippen MR) is 132 cm³/mol. The summed E-state index contributed by atoms with van der Waals surface area (Å²) in [7, 11) is 1.63. The van der Waals surface area contributed by atoms with Crippen LogP contribution in [-0.2, 0) is 11.3 Å². The summed E-state index contributed by atoms with van der Waals surface area (Å²) in [5.74, 6) is -0.748. The number of carbonyl (C=O) groups is 2. The van der Waals surface area contributed by atoms with Gasteiger partial charge in [-0.2, -0.15) is 13.8 Å². The summed E-state index contributed by atoms with van der Waals surface area (Å²) in [6.45, 7) is 0.500. The van der Waals surface area contributed by atoms with Gasteiger partial charge in [-0.15, -0.1) is 0 Å². The Kier molecular flexibility index (Phi) is 7.65. The molecule has 37 heavy (non-hydrogen) atoms. The van der Waals surface area contributed by atoms with Gasteiger partial charge >= 0.3 is 12.1 Å². The zero-order chi connectivity index (χ0) is 26.7. The van der Waals surface area contributed by atoms with Crippen molar-refractivity contribution in [3.05, 3.63) is 64.8 Å². The fourth-order valence-corrected chi connectivity index (χ4v) is 3.99. The van der Waals surface area contributed by atoms with Gasteiger partial charge in [0, 0.05) is 38.2 Å². The van der Waals surface area contributed by atoms with Crippen LogP contribution in [0.2, 0.25) is 5.02 Å². The van der Waals surface area contributed by atoms with Crippen LogP contribution in [0.4, 0.5) is 14.6 Å². The number of imide groups is 1. The SMILES string of the molecule is CN1CC(=O)N(CCCO)C(=O)c2c1nc(Oc1cccc(OC(C)(F)F)c1)n2Cc1ccc(Cl)cc1. The summed E-state index contributed by atoms with van der Waals surface area (Å²) in [6.07, 6.45) is -3.16. The Morgan fingerprint density at radius 1 is 1.14 bits per heavy atom. The van der Waals surface area contributed by atoms with E-state index in [0.29, 0.717) is 11.9 Å². The lowest BCUT2D eigenvalue weighted by Crippen LogP contribution is -2.41. The van der Waals surface area contributed by atoms with E-state index < -0.39 is 17.9 Å². The van der Waals surface area contributed by atoms with E-state index in [-0.39, 0.29) is 61.7 Å². The van der Waals surface area contributed by atoms with Gasteiger partial charge in [0.25, 0.3) is 5.91 Å². The molecule has 3 aromatic rings. The third kappa shape index (κ3) is 6.17. The molecule has 1 aliphatic heterocycles. The third-order valence-electron chi connectivity index (χ3n) is 5.50. The Hall–Kier alpha value is -3.70. The van der Waals surface area contributed by atoms with Crippen LogP contribution in [-0.4, -0.2) is 64.2 Å². The van der Waals surface area contributed by atoms with Crippen molar-refractivity contribution in [3.8, 4) is 17.5 Å². The summed E-state index contributed by atoms with van der Waals surface area (Å²) >= 11 is 6.02. The van der Waals surface area contributed by atoms with E-state index in [1.54, 1.807) is 31.3 Å². The maximum atomic E-state index is 13.6. The molecular weight excluding hydrogens is 510 g/mol. The zero-order valence-electron chi connectivity index (χ0n) is 20.2. The Labute approximate surface area is 216 Å². The van der Waals surface area contributed by atoms with Crippen LogP contribution in [0.5, 0.6) is 17.5 Å². The minimum atomic E-state index is -3.39. The van der Waals surface area contributed by atoms with Crippen LogP contribution in [0.3, 0.4) is 0 Å². The van der Waals surface area contributed by atoms with E-state index in [0.717, 1.165) is 10.5 Å². The fraction of sp³-hybridized carbons (Fsp3) is 0.320. The topological polar surface area (TPSA) is 97.1 Å². The number of amides is 2. The number of hydrogen-bond donors (Lipinski definition) is 1. The number of aromatic nitrogens is 2. The number of halogens is 3. The molecule has 0 unspecified atom stereocenters. The molecular formula is C25H25ClF2N4O5. The molecule has 4 rings (SSSR count). The number of imidazole rings is 1. The number of alkyl halides is 2. The Balaban J connectivity index is 1.79. The minimum absolute atomic E-state index is 0.0111. The number of aliphatic hydroxyl groups is 1. The van der Waals surface area contributed by atoms with Crippen LogP contribution in [0.25, 0.3) is 0 Å². The predicted octanol–water partition coefficient (Wildman–Crippen LogP) is 4.17. The number of nitrogens with zero attached hydrogens (tertiary/aromatic N) is 4. The molecule has 0 saturated heterocycles. The van der Waals surface area contributed by atoms with Crippen LogP contribution >= 0.6 is 11.6 Å². The molecule has 0 bridgehead atoms. The van der Waals surface area contributed by atoms with Gasteiger partial charge in [0.15, 0.2) is 11.5 Å². The fourth-order valence-electron chi connectivity index (χ4n) is 3.87. The second-order valence-corrected chi connectivity index (χ2v) is 8.99. The average molecular weight is 535 g/mol. The summed E-state index contributed by atoms with van der Waals surface area (Å²) in [4.78, 5) is 33.5. The first kappa shape index (κ1) is 26.4. The molecule has 1 N–H and O–H groups in total. The summed E-state index contributed by atoms with van der Waals surface area (Å²) in [6, 6.07) is 12.6. The van der Waals surface area contributed by atoms with E-state index in [1.807, 2.05) is 0 Å². The molecule has 0 aliphatic carbocycles. The van der Waals surface area contributed by atoms with Crippen LogP contribution in [0, 0.1) is 0 Å². The molecule has 1 aliphatic rings. The molecule has 12 heteroatoms. The van der Waals surface area contributed by atoms with E-state index in [4.69, 9.17) is 16.3 Å². The summed E-state index contributed by atoms with van der Waals surface area (Å²) < 4.78 is 38.8. The highest BCUT2D eigenvalue weighted by molar-refractivity contribution is 6.30. The van der Waals surface area contributed by atoms with Gasteiger partial charge in [-0.1, -0.05) is 29.8 Å². The number of aliphatic hydroxyl groups excluding tert-OH is 1. The Morgan fingerprint density at radius 2 is 1.84 bits per heavy atom. The number of rotatable bonds is 9. The van der Waals surface area contributed by atoms with Gasteiger partial charge in [-0.05, 0) is 36.2 Å². The molecule has 0 fully saturated rings. The van der Waals surface area contributed by atoms with Crippen LogP contribution in [0.1, 0.15) is 29.4 Å². The first-order valence-electron chi connectivity index (χ1n) is 11.4. The van der Waals surface area contributed by atoms with Crippen molar-refractivity contribution in [2.45, 2.75) is 26.0 Å². The van der Waals surface area contributed by atoms with E-state index in [9.17, 15) is 23.5 Å². The lowest BCUT2D eigenvalue weighted by atomic mass is 10.2. The van der Waals surface area contributed by atoms with Gasteiger partial charge in [0.05, 0.1) is 13.1 Å². The number of hydrogen-bond acceptors (Lipinski definition) is 7. The van der Waals surface area contributed by atoms with E-state index in [1.165, 1.54) is 33.7 Å². The van der Waals surface area contributed by atoms with Crippen molar-refractivity contribution in [2.75, 3.05) is 31.6 Å². The lowest BCUT2D eigenvalue weighted by Gasteiger charge is -2.20. The van der Waals surface area contributed by atoms with Crippen molar-refractivity contribution >= 4 is 29.2 Å². The maximum Gasteiger partial charge on any atom is 0.394 e. The third-order valence-corrected chi connectivity index (χ3v) is 5.75. The van der Waals surface area contributed by atoms with Crippen molar-refractivity contribution < 1.29 is 33.0 Å². The minimum Gasteiger partial charge on any atom is -0.433 e. The molecule has 196 valence electrons. The number of ether oxygens (including phenoxy) is 2. The highest BCUT2D eigenvalue weighted by Crippen LogP contribution is 2.34. The standard InChI is InChI=1S/C25H25ClF2N4O5/c1-25(27,28)37-19-6-3-5-18(13-19)36-24-29-22-21(32(24)14-16-7-9-17(26)10-8-16)23(35)31(11-4-12-33)20(34)15-30(22)2/h3,5-10,13,33H,4,11-12,14-15H2,1-2H3. The van der Waals surface area contributed by atoms with Crippen molar-refractivity contribution in [1.29, 1.82) is 0 Å². The van der Waals surface area contributed by atoms with Crippen LogP contribution in [0.15, 0.2) is 48.5 Å². The van der Waals surface area contributed by atoms with E-state index in [2.05, 4.69) is 9.72 Å². The van der Waals surface area contributed by atoms with Crippen LogP contribution < -0.4 is 14.4 Å². The number of benzene rings is 2. The first-order chi connectivity index (χ1) is 17.6. The lowest BCUT2D eigenvalue weighted by molar-refractivity contribution is -0.159. The summed E-state index contributed by atoms with van der Waals surface area (Å²) in [5.41, 5.74) is 0.883. The van der Waals surface area contributed by atoms with Crippen molar-refractivity contribution in [2.24, 2.45) is 0 Å². The molecule has 9 nitrogen and oxygen atoms in total. The smallest absolute Gasteiger partial charge is 0.394 e. The normalized spacial score (nSPS) is 14.0. The van der Waals surface area contributed by atoms with Gasteiger partial charge in [-0.3, -0.25) is 19.1 Å². The molecule has 2 amide bonds. The average Bonchev–Trinajstić information content (AvgIpc) is 3.13. The molecule has 1 aromatic heterocycles. The van der Waals surface area contributed by atoms with Crippen molar-refractivity contribution in [3.63, 3.8) is 0 Å². The van der Waals surface area contributed by atoms with Gasteiger partial charge in [0.1, 0.15) is 11.5 Å². The highest BCUT2D eigenvalue weighted by Gasteiger charge is 2.36. The number of carbonyl (C=O) groups excluding carboxylic acids is 2. The molecule has 0 atom stereocenters. The van der Waals surface area contributed by atoms with Crippen molar-refractivity contribution in [1.82, 2.24) is 14.5 Å². The number of likely N-dealkylation sites (N-methyl/N-ethyl adjacent to an activating group) is 1. The quantitative estimate of drug-likeness (QED) is 0.411. The first-order valence-corrected chi connectivity index (χ1v) is 11.8. The van der Waals surface area contributed by atoms with Gasteiger partial charge in [-0.25, -0.2) is 0 Å². The monoisotopic (exact) mass is 534 g/mol. The maximum absolute atomic E-state index is 13.6. The molecule has 2 heterocycles. The number of anilines is 1. The number of fused-ring (bicyclic) bond motifs is 1. The zero-order valence-corrected chi connectivity index (χ0v) is 20.9. The molecule has 0 saturated carbocycles. The Bertz CT molecular complexity index is 1290. The van der Waals surface area contributed by atoms with Gasteiger partial charge < -0.3 is 19.5 Å². The second-order valence-electron chi connectivity index (χ2n) is 8.55. The molecule has 0 spiro atoms. The molecule has 0 radical (unpaired) electrons. The Morgan fingerprint density at radius 3 is 2.51 bits per heavy atom. The molecule has 2 aromatic carbocycles. The highest BCUT2D eigenvalue weighted by atomic mass is 35.5. The van der Waals surface area contributed by atoms with E-state index >= 15 is 0 Å².